The Balaban J connectivity index is 0.00000162. The molecule has 1 amide bonds. The van der Waals surface area contributed by atoms with Gasteiger partial charge in [0.1, 0.15) is 0 Å². The molecule has 1 fully saturated rings. The lowest BCUT2D eigenvalue weighted by atomic mass is 10.1. The molecule has 1 atom stereocenters. The number of carbonyl (C=O) groups excluding carboxylic acids is 1. The number of nitrogens with zero attached hydrogens (tertiary/aromatic N) is 2. The lowest BCUT2D eigenvalue weighted by Gasteiger charge is -2.29. The molecule has 1 aromatic heterocycles. The minimum Gasteiger partial charge on any atom is -0.358 e. The van der Waals surface area contributed by atoms with E-state index in [0.29, 0.717) is 13.1 Å². The first-order chi connectivity index (χ1) is 8.08. The normalized spacial score (nSPS) is 19.2. The zero-order chi connectivity index (χ0) is 12.4. The molecule has 0 spiro atoms. The van der Waals surface area contributed by atoms with Gasteiger partial charge < -0.3 is 20.7 Å². The highest BCUT2D eigenvalue weighted by Crippen LogP contribution is 2.15. The van der Waals surface area contributed by atoms with E-state index in [-0.39, 0.29) is 35.9 Å². The fourth-order valence-corrected chi connectivity index (χ4v) is 1.98. The number of hydrogen-bond acceptors (Lipinski definition) is 4. The average molecular weight is 275 g/mol. The van der Waals surface area contributed by atoms with Crippen LogP contribution in [-0.2, 0) is 0 Å². The van der Waals surface area contributed by atoms with Crippen molar-refractivity contribution in [3.63, 3.8) is 0 Å². The first-order valence-corrected chi connectivity index (χ1v) is 5.46. The second kappa shape index (κ2) is 5.83. The van der Waals surface area contributed by atoms with Crippen LogP contribution in [0.2, 0.25) is 0 Å². The molecular formula is C10H15ClN4O3. The Bertz CT molecular complexity index is 448. The minimum atomic E-state index is -0.557. The zero-order valence-electron chi connectivity index (χ0n) is 9.67. The van der Waals surface area contributed by atoms with Crippen LogP contribution in [0.3, 0.4) is 0 Å². The number of hydrogen-bond donors (Lipinski definition) is 2. The van der Waals surface area contributed by atoms with Crippen LogP contribution in [0, 0.1) is 10.1 Å². The first kappa shape index (κ1) is 14.5. The van der Waals surface area contributed by atoms with Crippen molar-refractivity contribution in [2.24, 2.45) is 5.73 Å². The van der Waals surface area contributed by atoms with Crippen LogP contribution in [0.15, 0.2) is 12.1 Å². The third-order valence-corrected chi connectivity index (χ3v) is 2.84. The monoisotopic (exact) mass is 274 g/mol. The number of piperidine rings is 1. The molecular weight excluding hydrogens is 260 g/mol. The highest BCUT2D eigenvalue weighted by molar-refractivity contribution is 5.93. The molecule has 0 bridgehead atoms. The fraction of sp³-hybridized carbons (Fsp3) is 0.500. The van der Waals surface area contributed by atoms with Crippen LogP contribution in [-0.4, -0.2) is 39.8 Å². The number of aromatic nitrogens is 1. The van der Waals surface area contributed by atoms with Gasteiger partial charge in [-0.1, -0.05) is 0 Å². The summed E-state index contributed by atoms with van der Waals surface area (Å²) in [4.78, 5) is 26.1. The number of aromatic amines is 1. The van der Waals surface area contributed by atoms with Crippen molar-refractivity contribution in [1.82, 2.24) is 9.88 Å². The van der Waals surface area contributed by atoms with Crippen molar-refractivity contribution in [3.05, 3.63) is 27.9 Å². The maximum Gasteiger partial charge on any atom is 0.321 e. The molecule has 2 rings (SSSR count). The van der Waals surface area contributed by atoms with E-state index in [1.807, 2.05) is 0 Å². The second-order valence-electron chi connectivity index (χ2n) is 4.17. The van der Waals surface area contributed by atoms with Crippen molar-refractivity contribution in [1.29, 1.82) is 0 Å². The predicted molar refractivity (Wildman–Crippen MR) is 67.8 cm³/mol. The Hall–Kier alpha value is -1.60. The summed E-state index contributed by atoms with van der Waals surface area (Å²) in [5.74, 6) is -0.400. The maximum absolute atomic E-state index is 12.0. The van der Waals surface area contributed by atoms with Crippen molar-refractivity contribution < 1.29 is 9.72 Å². The summed E-state index contributed by atoms with van der Waals surface area (Å²) in [5.41, 5.74) is 6.02. The molecule has 1 aliphatic rings. The highest BCUT2D eigenvalue weighted by atomic mass is 35.5. The van der Waals surface area contributed by atoms with Gasteiger partial charge in [-0.3, -0.25) is 4.79 Å². The summed E-state index contributed by atoms with van der Waals surface area (Å²) in [7, 11) is 0. The van der Waals surface area contributed by atoms with Gasteiger partial charge >= 0.3 is 5.82 Å². The molecule has 1 aliphatic heterocycles. The summed E-state index contributed by atoms with van der Waals surface area (Å²) in [5, 5.41) is 10.5. The Morgan fingerprint density at radius 2 is 2.28 bits per heavy atom. The molecule has 18 heavy (non-hydrogen) atoms. The van der Waals surface area contributed by atoms with Crippen LogP contribution < -0.4 is 5.73 Å². The number of nitrogens with two attached hydrogens (primary N) is 1. The summed E-state index contributed by atoms with van der Waals surface area (Å²) < 4.78 is 0. The molecule has 0 aromatic carbocycles. The number of nitro groups is 1. The van der Waals surface area contributed by atoms with E-state index in [4.69, 9.17) is 5.73 Å². The zero-order valence-corrected chi connectivity index (χ0v) is 10.5. The standard InChI is InChI=1S/C10H14N4O3.ClH/c11-7-2-1-5-13(6-7)10(15)8-3-4-9(12-8)14(16)17;/h3-4,7,12H,1-2,5-6,11H2;1H. The molecule has 100 valence electrons. The average Bonchev–Trinajstić information content (AvgIpc) is 2.77. The van der Waals surface area contributed by atoms with Gasteiger partial charge in [0, 0.05) is 25.2 Å². The highest BCUT2D eigenvalue weighted by Gasteiger charge is 2.25. The van der Waals surface area contributed by atoms with Gasteiger partial charge in [0.15, 0.2) is 5.69 Å². The number of amides is 1. The van der Waals surface area contributed by atoms with Gasteiger partial charge in [-0.15, -0.1) is 12.4 Å². The molecule has 0 aliphatic carbocycles. The van der Waals surface area contributed by atoms with Gasteiger partial charge in [-0.2, -0.15) is 0 Å². The van der Waals surface area contributed by atoms with Gasteiger partial charge in [0.2, 0.25) is 0 Å². The maximum atomic E-state index is 12.0. The smallest absolute Gasteiger partial charge is 0.321 e. The number of halogens is 1. The molecule has 0 saturated carbocycles. The van der Waals surface area contributed by atoms with E-state index >= 15 is 0 Å². The van der Waals surface area contributed by atoms with Crippen molar-refractivity contribution >= 4 is 24.1 Å². The van der Waals surface area contributed by atoms with Crippen LogP contribution >= 0.6 is 12.4 Å². The molecule has 8 heteroatoms. The van der Waals surface area contributed by atoms with Gasteiger partial charge in [0.05, 0.1) is 0 Å². The quantitative estimate of drug-likeness (QED) is 0.617. The third kappa shape index (κ3) is 2.99. The molecule has 1 aromatic rings. The van der Waals surface area contributed by atoms with Crippen LogP contribution in [0.4, 0.5) is 5.82 Å². The SMILES string of the molecule is Cl.NC1CCCN(C(=O)c2ccc([N+](=O)[O-])[nH]2)C1. The van der Waals surface area contributed by atoms with E-state index in [2.05, 4.69) is 4.98 Å². The number of carbonyl (C=O) groups is 1. The van der Waals surface area contributed by atoms with Crippen LogP contribution in [0.1, 0.15) is 23.3 Å². The minimum absolute atomic E-state index is 0. The van der Waals surface area contributed by atoms with Gasteiger partial charge in [0.25, 0.3) is 5.91 Å². The third-order valence-electron chi connectivity index (χ3n) is 2.84. The number of H-pyrrole nitrogens is 1. The van der Waals surface area contributed by atoms with Crippen molar-refractivity contribution in [3.8, 4) is 0 Å². The molecule has 3 N–H and O–H groups in total. The van der Waals surface area contributed by atoms with Crippen LogP contribution in [0.25, 0.3) is 0 Å². The molecule has 1 saturated heterocycles. The lowest BCUT2D eigenvalue weighted by molar-refractivity contribution is -0.389. The number of rotatable bonds is 2. The Morgan fingerprint density at radius 3 is 2.83 bits per heavy atom. The number of likely N-dealkylation sites (tertiary alicyclic amines) is 1. The summed E-state index contributed by atoms with van der Waals surface area (Å²) in [6, 6.07) is 2.72. The summed E-state index contributed by atoms with van der Waals surface area (Å²) in [6.07, 6.45) is 1.78. The van der Waals surface area contributed by atoms with E-state index in [1.54, 1.807) is 4.90 Å². The van der Waals surface area contributed by atoms with E-state index in [0.717, 1.165) is 12.8 Å². The van der Waals surface area contributed by atoms with E-state index < -0.39 is 4.92 Å². The van der Waals surface area contributed by atoms with Gasteiger partial charge in [-0.05, 0) is 23.8 Å². The molecule has 0 radical (unpaired) electrons. The lowest BCUT2D eigenvalue weighted by Crippen LogP contribution is -2.45. The van der Waals surface area contributed by atoms with Crippen molar-refractivity contribution in [2.75, 3.05) is 13.1 Å². The molecule has 1 unspecified atom stereocenters. The van der Waals surface area contributed by atoms with E-state index in [1.165, 1.54) is 12.1 Å². The summed E-state index contributed by atoms with van der Waals surface area (Å²) >= 11 is 0. The first-order valence-electron chi connectivity index (χ1n) is 5.46. The van der Waals surface area contributed by atoms with Gasteiger partial charge in [-0.25, -0.2) is 4.98 Å². The predicted octanol–water partition coefficient (Wildman–Crippen LogP) is 0.908. The largest absolute Gasteiger partial charge is 0.358 e. The van der Waals surface area contributed by atoms with E-state index in [9.17, 15) is 14.9 Å². The van der Waals surface area contributed by atoms with Crippen molar-refractivity contribution in [2.45, 2.75) is 18.9 Å². The summed E-state index contributed by atoms with van der Waals surface area (Å²) in [6.45, 7) is 1.16. The molecule has 2 heterocycles. The number of nitrogens with one attached hydrogen (secondary N) is 1. The fourth-order valence-electron chi connectivity index (χ4n) is 1.98. The second-order valence-corrected chi connectivity index (χ2v) is 4.17. The van der Waals surface area contributed by atoms with Crippen LogP contribution in [0.5, 0.6) is 0 Å². The molecule has 7 nitrogen and oxygen atoms in total. The Morgan fingerprint density at radius 1 is 1.56 bits per heavy atom. The Labute approximate surface area is 110 Å². The topological polar surface area (TPSA) is 105 Å². The Kier molecular flexibility index (Phi) is 4.69.